The summed E-state index contributed by atoms with van der Waals surface area (Å²) in [5.74, 6) is 0.712. The van der Waals surface area contributed by atoms with Gasteiger partial charge < -0.3 is 10.1 Å². The Balaban J connectivity index is 1.86. The van der Waals surface area contributed by atoms with Gasteiger partial charge in [-0.2, -0.15) is 0 Å². The number of benzene rings is 1. The lowest BCUT2D eigenvalue weighted by Crippen LogP contribution is -2.15. The van der Waals surface area contributed by atoms with Crippen molar-refractivity contribution in [1.82, 2.24) is 5.32 Å². The zero-order valence-electron chi connectivity index (χ0n) is 10.9. The van der Waals surface area contributed by atoms with E-state index in [4.69, 9.17) is 4.74 Å². The highest BCUT2D eigenvalue weighted by Gasteiger charge is 2.20. The van der Waals surface area contributed by atoms with Crippen LogP contribution in [0.15, 0.2) is 22.7 Å². The minimum Gasteiger partial charge on any atom is -0.491 e. The van der Waals surface area contributed by atoms with Crippen molar-refractivity contribution in [1.29, 1.82) is 0 Å². The highest BCUT2D eigenvalue weighted by molar-refractivity contribution is 9.10. The highest BCUT2D eigenvalue weighted by atomic mass is 79.9. The topological polar surface area (TPSA) is 55.4 Å². The molecule has 0 heterocycles. The summed E-state index contributed by atoms with van der Waals surface area (Å²) in [5, 5.41) is 3.44. The Labute approximate surface area is 122 Å². The Kier molecular flexibility index (Phi) is 4.86. The largest absolute Gasteiger partial charge is 0.491 e. The summed E-state index contributed by atoms with van der Waals surface area (Å²) in [4.78, 5) is 0. The summed E-state index contributed by atoms with van der Waals surface area (Å²) in [6.45, 7) is 1.03. The Morgan fingerprint density at radius 1 is 1.42 bits per heavy atom. The maximum absolute atomic E-state index is 11.0. The molecule has 6 heteroatoms. The van der Waals surface area contributed by atoms with E-state index in [1.165, 1.54) is 24.7 Å². The van der Waals surface area contributed by atoms with Crippen LogP contribution in [0.4, 0.5) is 0 Å². The molecule has 1 saturated carbocycles. The van der Waals surface area contributed by atoms with E-state index in [-0.39, 0.29) is 12.4 Å². The summed E-state index contributed by atoms with van der Waals surface area (Å²) in [7, 11) is -2.98. The van der Waals surface area contributed by atoms with Crippen LogP contribution in [-0.4, -0.2) is 33.1 Å². The van der Waals surface area contributed by atoms with E-state index in [0.717, 1.165) is 11.0 Å². The van der Waals surface area contributed by atoms with E-state index < -0.39 is 9.84 Å². The first kappa shape index (κ1) is 14.8. The number of sulfone groups is 1. The lowest BCUT2D eigenvalue weighted by molar-refractivity contribution is 0.339. The molecule has 2 rings (SSSR count). The molecule has 1 aliphatic carbocycles. The number of hydrogen-bond donors (Lipinski definition) is 1. The maximum Gasteiger partial charge on any atom is 0.150 e. The van der Waals surface area contributed by atoms with Crippen molar-refractivity contribution >= 4 is 25.8 Å². The zero-order chi connectivity index (χ0) is 13.9. The third-order valence-electron chi connectivity index (χ3n) is 2.88. The molecule has 1 N–H and O–H groups in total. The fourth-order valence-corrected chi connectivity index (χ4v) is 2.55. The van der Waals surface area contributed by atoms with Crippen molar-refractivity contribution in [2.75, 3.05) is 18.6 Å². The molecule has 0 aliphatic heterocycles. The van der Waals surface area contributed by atoms with Crippen LogP contribution in [0, 0.1) is 0 Å². The molecular formula is C13H18BrNO3S. The Morgan fingerprint density at radius 3 is 2.74 bits per heavy atom. The summed E-state index contributed by atoms with van der Waals surface area (Å²) in [6, 6.07) is 6.56. The molecule has 0 unspecified atom stereocenters. The van der Waals surface area contributed by atoms with E-state index in [9.17, 15) is 8.42 Å². The number of nitrogens with one attached hydrogen (secondary N) is 1. The Morgan fingerprint density at radius 2 is 2.16 bits per heavy atom. The first-order valence-electron chi connectivity index (χ1n) is 6.26. The smallest absolute Gasteiger partial charge is 0.150 e. The quantitative estimate of drug-likeness (QED) is 0.820. The number of halogens is 1. The van der Waals surface area contributed by atoms with Crippen molar-refractivity contribution in [3.05, 3.63) is 28.2 Å². The maximum atomic E-state index is 11.0. The Bertz CT molecular complexity index is 541. The van der Waals surface area contributed by atoms with E-state index >= 15 is 0 Å². The number of hydrogen-bond acceptors (Lipinski definition) is 4. The third kappa shape index (κ3) is 5.50. The van der Waals surface area contributed by atoms with Crippen molar-refractivity contribution in [2.24, 2.45) is 0 Å². The first-order valence-corrected chi connectivity index (χ1v) is 9.12. The molecule has 1 aromatic carbocycles. The second kappa shape index (κ2) is 6.24. The van der Waals surface area contributed by atoms with Crippen molar-refractivity contribution in [3.8, 4) is 5.75 Å². The van der Waals surface area contributed by atoms with Gasteiger partial charge in [-0.05, 0) is 46.5 Å². The van der Waals surface area contributed by atoms with Gasteiger partial charge >= 0.3 is 0 Å². The van der Waals surface area contributed by atoms with Crippen molar-refractivity contribution in [3.63, 3.8) is 0 Å². The first-order chi connectivity index (χ1) is 8.94. The van der Waals surface area contributed by atoms with Crippen LogP contribution in [0.2, 0.25) is 0 Å². The minimum absolute atomic E-state index is 0.0322. The van der Waals surface area contributed by atoms with Crippen LogP contribution in [0.25, 0.3) is 0 Å². The van der Waals surface area contributed by atoms with Crippen LogP contribution in [0.1, 0.15) is 18.4 Å². The monoisotopic (exact) mass is 347 g/mol. The molecule has 0 aromatic heterocycles. The van der Waals surface area contributed by atoms with E-state index in [1.807, 2.05) is 18.2 Å². The molecule has 0 atom stereocenters. The summed E-state index contributed by atoms with van der Waals surface area (Å²) >= 11 is 3.45. The lowest BCUT2D eigenvalue weighted by atomic mass is 10.2. The van der Waals surface area contributed by atoms with Gasteiger partial charge in [0.05, 0.1) is 10.2 Å². The SMILES string of the molecule is CS(=O)(=O)CCOc1ccc(CNC2CC2)cc1Br. The highest BCUT2D eigenvalue weighted by Crippen LogP contribution is 2.26. The third-order valence-corrected chi connectivity index (χ3v) is 4.41. The minimum atomic E-state index is -2.98. The van der Waals surface area contributed by atoms with Gasteiger partial charge in [0.1, 0.15) is 12.4 Å². The molecule has 4 nitrogen and oxygen atoms in total. The molecular weight excluding hydrogens is 330 g/mol. The van der Waals surface area contributed by atoms with Gasteiger partial charge in [-0.25, -0.2) is 8.42 Å². The van der Waals surface area contributed by atoms with Crippen molar-refractivity contribution in [2.45, 2.75) is 25.4 Å². The van der Waals surface area contributed by atoms with E-state index in [0.29, 0.717) is 11.8 Å². The van der Waals surface area contributed by atoms with Gasteiger partial charge in [0, 0.05) is 18.8 Å². The molecule has 106 valence electrons. The molecule has 0 spiro atoms. The fraction of sp³-hybridized carbons (Fsp3) is 0.538. The zero-order valence-corrected chi connectivity index (χ0v) is 13.3. The van der Waals surface area contributed by atoms with Gasteiger partial charge in [0.15, 0.2) is 9.84 Å². The van der Waals surface area contributed by atoms with Crippen LogP contribution in [0.5, 0.6) is 5.75 Å². The standard InChI is InChI=1S/C13H18BrNO3S/c1-19(16,17)7-6-18-13-5-2-10(8-12(13)14)9-15-11-3-4-11/h2,5,8,11,15H,3-4,6-7,9H2,1H3. The van der Waals surface area contributed by atoms with Crippen LogP contribution < -0.4 is 10.1 Å². The van der Waals surface area contributed by atoms with Crippen molar-refractivity contribution < 1.29 is 13.2 Å². The predicted octanol–water partition coefficient (Wildman–Crippen LogP) is 2.12. The molecule has 1 fully saturated rings. The summed E-state index contributed by atoms with van der Waals surface area (Å²) in [5.41, 5.74) is 1.19. The molecule has 0 bridgehead atoms. The molecule has 0 amide bonds. The molecule has 0 saturated heterocycles. The number of rotatable bonds is 7. The molecule has 19 heavy (non-hydrogen) atoms. The van der Waals surface area contributed by atoms with Gasteiger partial charge in [-0.3, -0.25) is 0 Å². The van der Waals surface area contributed by atoms with Gasteiger partial charge in [-0.15, -0.1) is 0 Å². The van der Waals surface area contributed by atoms with Crippen LogP contribution >= 0.6 is 15.9 Å². The summed E-state index contributed by atoms with van der Waals surface area (Å²) < 4.78 is 28.3. The predicted molar refractivity (Wildman–Crippen MR) is 79.2 cm³/mol. The number of ether oxygens (including phenoxy) is 1. The van der Waals surface area contributed by atoms with E-state index in [1.54, 1.807) is 0 Å². The fourth-order valence-electron chi connectivity index (χ4n) is 1.62. The normalized spacial score (nSPS) is 15.5. The lowest BCUT2D eigenvalue weighted by Gasteiger charge is -2.10. The average Bonchev–Trinajstić information content (AvgIpc) is 3.11. The molecule has 0 radical (unpaired) electrons. The molecule has 1 aliphatic rings. The van der Waals surface area contributed by atoms with E-state index in [2.05, 4.69) is 21.2 Å². The second-order valence-corrected chi connectivity index (χ2v) is 8.01. The molecule has 1 aromatic rings. The average molecular weight is 348 g/mol. The summed E-state index contributed by atoms with van der Waals surface area (Å²) in [6.07, 6.45) is 3.75. The Hall–Kier alpha value is -0.590. The van der Waals surface area contributed by atoms with Gasteiger partial charge in [0.2, 0.25) is 0 Å². The van der Waals surface area contributed by atoms with Crippen LogP contribution in [-0.2, 0) is 16.4 Å². The van der Waals surface area contributed by atoms with Crippen LogP contribution in [0.3, 0.4) is 0 Å². The second-order valence-electron chi connectivity index (χ2n) is 4.90. The van der Waals surface area contributed by atoms with Gasteiger partial charge in [0.25, 0.3) is 0 Å². The van der Waals surface area contributed by atoms with Gasteiger partial charge in [-0.1, -0.05) is 6.07 Å².